The van der Waals surface area contributed by atoms with E-state index in [2.05, 4.69) is 47.6 Å². The van der Waals surface area contributed by atoms with E-state index in [1.54, 1.807) is 14.0 Å². The van der Waals surface area contributed by atoms with Crippen LogP contribution in [0.4, 0.5) is 0 Å². The normalized spacial score (nSPS) is 15.1. The van der Waals surface area contributed by atoms with Gasteiger partial charge in [-0.15, -0.1) is 0 Å². The first-order valence-electron chi connectivity index (χ1n) is 11.2. The summed E-state index contributed by atoms with van der Waals surface area (Å²) in [6, 6.07) is 6.25. The summed E-state index contributed by atoms with van der Waals surface area (Å²) in [5.74, 6) is 1.85. The van der Waals surface area contributed by atoms with Crippen molar-refractivity contribution in [1.82, 2.24) is 20.4 Å². The summed E-state index contributed by atoms with van der Waals surface area (Å²) >= 11 is 0. The number of guanidine groups is 1. The summed E-state index contributed by atoms with van der Waals surface area (Å²) in [7, 11) is 1.70. The molecule has 2 N–H and O–H groups in total. The predicted molar refractivity (Wildman–Crippen MR) is 125 cm³/mol. The van der Waals surface area contributed by atoms with Gasteiger partial charge in [-0.2, -0.15) is 0 Å². The second-order valence-corrected chi connectivity index (χ2v) is 7.78. The molecule has 1 fully saturated rings. The molecule has 0 unspecified atom stereocenters. The molecule has 1 amide bonds. The van der Waals surface area contributed by atoms with Gasteiger partial charge in [-0.3, -0.25) is 9.69 Å². The van der Waals surface area contributed by atoms with Crippen molar-refractivity contribution in [2.75, 3.05) is 66.1 Å². The first-order valence-corrected chi connectivity index (χ1v) is 11.2. The number of hydrogen-bond acceptors (Lipinski definition) is 5. The molecule has 0 radical (unpaired) electrons. The third-order valence-electron chi connectivity index (χ3n) is 5.26. The fourth-order valence-corrected chi connectivity index (χ4v) is 3.44. The van der Waals surface area contributed by atoms with Crippen LogP contribution >= 0.6 is 0 Å². The number of hydrogen-bond donors (Lipinski definition) is 2. The standard InChI is InChI=1S/C23H39N5O3/c1-5-24-23(25-9-10-27-11-13-28(14-12-27)20(3)29)26-18-21-8-7-19(2)17-22(21)31-16-6-15-30-4/h7-8,17H,5-6,9-16,18H2,1-4H3,(H2,24,25,26). The fourth-order valence-electron chi connectivity index (χ4n) is 3.44. The number of rotatable bonds is 11. The van der Waals surface area contributed by atoms with Crippen molar-refractivity contribution in [3.8, 4) is 5.75 Å². The molecule has 31 heavy (non-hydrogen) atoms. The van der Waals surface area contributed by atoms with Gasteiger partial charge in [0.1, 0.15) is 5.75 Å². The minimum absolute atomic E-state index is 0.164. The first kappa shape index (κ1) is 24.9. The number of benzene rings is 1. The average Bonchev–Trinajstić information content (AvgIpc) is 2.76. The summed E-state index contributed by atoms with van der Waals surface area (Å²) in [5.41, 5.74) is 2.24. The Morgan fingerprint density at radius 2 is 1.94 bits per heavy atom. The number of piperazine rings is 1. The Hall–Kier alpha value is -2.32. The van der Waals surface area contributed by atoms with E-state index < -0.39 is 0 Å². The molecule has 0 saturated carbocycles. The molecule has 1 heterocycles. The SMILES string of the molecule is CCNC(=NCc1ccc(C)cc1OCCCOC)NCCN1CCN(C(C)=O)CC1. The highest BCUT2D eigenvalue weighted by molar-refractivity contribution is 5.79. The molecule has 8 nitrogen and oxygen atoms in total. The third-order valence-corrected chi connectivity index (χ3v) is 5.26. The van der Waals surface area contributed by atoms with Crippen LogP contribution in [0.2, 0.25) is 0 Å². The van der Waals surface area contributed by atoms with Gasteiger partial charge in [-0.05, 0) is 25.5 Å². The summed E-state index contributed by atoms with van der Waals surface area (Å²) in [6.07, 6.45) is 0.859. The molecule has 174 valence electrons. The van der Waals surface area contributed by atoms with Gasteiger partial charge in [-0.1, -0.05) is 12.1 Å². The number of aliphatic imine (C=N–C) groups is 1. The van der Waals surface area contributed by atoms with Crippen molar-refractivity contribution in [2.45, 2.75) is 33.7 Å². The monoisotopic (exact) mass is 433 g/mol. The molecule has 0 spiro atoms. The average molecular weight is 434 g/mol. The molecular formula is C23H39N5O3. The Labute approximate surface area is 187 Å². The predicted octanol–water partition coefficient (Wildman–Crippen LogP) is 1.63. The van der Waals surface area contributed by atoms with Crippen LogP contribution in [0, 0.1) is 6.92 Å². The van der Waals surface area contributed by atoms with Crippen LogP contribution in [0.5, 0.6) is 5.75 Å². The van der Waals surface area contributed by atoms with Gasteiger partial charge in [0, 0.05) is 78.4 Å². The lowest BCUT2D eigenvalue weighted by Crippen LogP contribution is -2.50. The maximum absolute atomic E-state index is 11.5. The molecule has 1 aromatic carbocycles. The molecule has 2 rings (SSSR count). The highest BCUT2D eigenvalue weighted by Crippen LogP contribution is 2.21. The molecule has 0 bridgehead atoms. The van der Waals surface area contributed by atoms with Gasteiger partial charge in [-0.25, -0.2) is 4.99 Å². The minimum atomic E-state index is 0.164. The molecule has 1 aromatic rings. The zero-order valence-corrected chi connectivity index (χ0v) is 19.6. The van der Waals surface area contributed by atoms with Gasteiger partial charge in [0.05, 0.1) is 13.2 Å². The van der Waals surface area contributed by atoms with Gasteiger partial charge < -0.3 is 25.0 Å². The highest BCUT2D eigenvalue weighted by Gasteiger charge is 2.17. The minimum Gasteiger partial charge on any atom is -0.493 e. The topological polar surface area (TPSA) is 78.4 Å². The molecule has 0 atom stereocenters. The Bertz CT molecular complexity index is 702. The number of carbonyl (C=O) groups excluding carboxylic acids is 1. The van der Waals surface area contributed by atoms with E-state index in [-0.39, 0.29) is 5.91 Å². The van der Waals surface area contributed by atoms with Gasteiger partial charge in [0.25, 0.3) is 0 Å². The molecule has 8 heteroatoms. The molecule has 1 aliphatic heterocycles. The number of carbonyl (C=O) groups is 1. The number of ether oxygens (including phenoxy) is 2. The van der Waals surface area contributed by atoms with Crippen LogP contribution in [0.3, 0.4) is 0 Å². The molecule has 1 aliphatic rings. The van der Waals surface area contributed by atoms with Gasteiger partial charge >= 0.3 is 0 Å². The van der Waals surface area contributed by atoms with E-state index >= 15 is 0 Å². The van der Waals surface area contributed by atoms with Crippen LogP contribution in [0.1, 0.15) is 31.4 Å². The molecule has 1 saturated heterocycles. The quantitative estimate of drug-likeness (QED) is 0.314. The zero-order chi connectivity index (χ0) is 22.5. The van der Waals surface area contributed by atoms with Gasteiger partial charge in [0.2, 0.25) is 5.91 Å². The largest absolute Gasteiger partial charge is 0.493 e. The van der Waals surface area contributed by atoms with Crippen LogP contribution in [-0.2, 0) is 16.1 Å². The second-order valence-electron chi connectivity index (χ2n) is 7.78. The molecule has 0 aliphatic carbocycles. The van der Waals surface area contributed by atoms with E-state index in [9.17, 15) is 4.79 Å². The Morgan fingerprint density at radius 3 is 2.61 bits per heavy atom. The van der Waals surface area contributed by atoms with Crippen LogP contribution in [0.15, 0.2) is 23.2 Å². The van der Waals surface area contributed by atoms with Crippen molar-refractivity contribution in [1.29, 1.82) is 0 Å². The lowest BCUT2D eigenvalue weighted by Gasteiger charge is -2.34. The summed E-state index contributed by atoms with van der Waals surface area (Å²) in [5, 5.41) is 6.74. The number of aryl methyl sites for hydroxylation is 1. The Balaban J connectivity index is 1.86. The number of nitrogens with one attached hydrogen (secondary N) is 2. The Kier molecular flexibility index (Phi) is 11.2. The van der Waals surface area contributed by atoms with Crippen molar-refractivity contribution < 1.29 is 14.3 Å². The highest BCUT2D eigenvalue weighted by atomic mass is 16.5. The van der Waals surface area contributed by atoms with E-state index in [1.807, 2.05) is 4.90 Å². The Morgan fingerprint density at radius 1 is 1.16 bits per heavy atom. The maximum atomic E-state index is 11.5. The van der Waals surface area contributed by atoms with Crippen molar-refractivity contribution in [3.63, 3.8) is 0 Å². The third kappa shape index (κ3) is 9.14. The summed E-state index contributed by atoms with van der Waals surface area (Å²) in [4.78, 5) is 20.5. The lowest BCUT2D eigenvalue weighted by atomic mass is 10.1. The second kappa shape index (κ2) is 13.9. The maximum Gasteiger partial charge on any atom is 0.219 e. The van der Waals surface area contributed by atoms with E-state index in [0.29, 0.717) is 19.8 Å². The first-order chi connectivity index (χ1) is 15.0. The van der Waals surface area contributed by atoms with Crippen LogP contribution < -0.4 is 15.4 Å². The summed E-state index contributed by atoms with van der Waals surface area (Å²) < 4.78 is 11.1. The van der Waals surface area contributed by atoms with E-state index in [1.165, 1.54) is 5.56 Å². The smallest absolute Gasteiger partial charge is 0.219 e. The van der Waals surface area contributed by atoms with Crippen molar-refractivity contribution in [2.24, 2.45) is 4.99 Å². The number of nitrogens with zero attached hydrogens (tertiary/aromatic N) is 3. The van der Waals surface area contributed by atoms with E-state index in [4.69, 9.17) is 14.5 Å². The lowest BCUT2D eigenvalue weighted by molar-refractivity contribution is -0.130. The van der Waals surface area contributed by atoms with E-state index in [0.717, 1.165) is 69.5 Å². The zero-order valence-electron chi connectivity index (χ0n) is 19.6. The molecule has 0 aromatic heterocycles. The fraction of sp³-hybridized carbons (Fsp3) is 0.652. The summed E-state index contributed by atoms with van der Waals surface area (Å²) in [6.45, 7) is 13.6. The number of methoxy groups -OCH3 is 1. The molecular weight excluding hydrogens is 394 g/mol. The van der Waals surface area contributed by atoms with Crippen LogP contribution in [0.25, 0.3) is 0 Å². The van der Waals surface area contributed by atoms with Gasteiger partial charge in [0.15, 0.2) is 5.96 Å². The van der Waals surface area contributed by atoms with Crippen molar-refractivity contribution >= 4 is 11.9 Å². The number of amides is 1. The van der Waals surface area contributed by atoms with Crippen molar-refractivity contribution in [3.05, 3.63) is 29.3 Å². The van der Waals surface area contributed by atoms with Crippen LogP contribution in [-0.4, -0.2) is 87.8 Å².